The molecule has 11 rings (SSSR count). The molecule has 3 heterocycles. The van der Waals surface area contributed by atoms with Gasteiger partial charge in [-0.2, -0.15) is 0 Å². The second-order valence-electron chi connectivity index (χ2n) is 13.9. The van der Waals surface area contributed by atoms with Gasteiger partial charge in [0.25, 0.3) is 0 Å². The molecular weight excluding hydrogens is 643 g/mol. The largest absolute Gasteiger partial charge is 0.317 e. The molecule has 0 spiro atoms. The van der Waals surface area contributed by atoms with E-state index in [1.807, 2.05) is 0 Å². The summed E-state index contributed by atoms with van der Waals surface area (Å²) in [6.45, 7) is 0. The van der Waals surface area contributed by atoms with Crippen LogP contribution in [0.5, 0.6) is 0 Å². The Hall–Kier alpha value is -7.10. The molecule has 0 aliphatic carbocycles. The predicted molar refractivity (Wildman–Crippen MR) is 223 cm³/mol. The number of benzene rings is 8. The molecule has 0 amide bonds. The maximum absolute atomic E-state index is 2.46. The van der Waals surface area contributed by atoms with Gasteiger partial charge >= 0.3 is 0 Å². The predicted octanol–water partition coefficient (Wildman–Crippen LogP) is 13.2. The van der Waals surface area contributed by atoms with Crippen molar-refractivity contribution in [1.82, 2.24) is 13.7 Å². The van der Waals surface area contributed by atoms with E-state index in [2.05, 4.69) is 214 Å². The molecule has 248 valence electrons. The first-order valence-electron chi connectivity index (χ1n) is 18.2. The summed E-state index contributed by atoms with van der Waals surface area (Å²) in [6.07, 6.45) is 2.19. The number of hydrogen-bond acceptors (Lipinski definition) is 0. The fourth-order valence-electron chi connectivity index (χ4n) is 8.40. The summed E-state index contributed by atoms with van der Waals surface area (Å²) < 4.78 is 7.21. The molecule has 0 atom stereocenters. The van der Waals surface area contributed by atoms with Crippen molar-refractivity contribution in [3.05, 3.63) is 200 Å². The highest BCUT2D eigenvalue weighted by Crippen LogP contribution is 2.40. The molecule has 0 aliphatic rings. The molecule has 0 unspecified atom stereocenters. The molecule has 3 aromatic heterocycles. The number of para-hydroxylation sites is 3. The van der Waals surface area contributed by atoms with Gasteiger partial charge in [0, 0.05) is 50.2 Å². The van der Waals surface area contributed by atoms with Crippen LogP contribution in [0.4, 0.5) is 0 Å². The molecule has 3 nitrogen and oxygen atoms in total. The first-order chi connectivity index (χ1) is 26.3. The van der Waals surface area contributed by atoms with E-state index in [1.165, 1.54) is 76.8 Å². The molecule has 53 heavy (non-hydrogen) atoms. The Bertz CT molecular complexity index is 3150. The third kappa shape index (κ3) is 4.68. The van der Waals surface area contributed by atoms with Gasteiger partial charge in [0.05, 0.1) is 27.6 Å². The molecule has 0 radical (unpaired) electrons. The summed E-state index contributed by atoms with van der Waals surface area (Å²) in [5.74, 6) is 0. The Kier molecular flexibility index (Phi) is 6.55. The van der Waals surface area contributed by atoms with Crippen LogP contribution in [0.3, 0.4) is 0 Å². The standard InChI is InChI=1S/C50H33N3/c1-4-14-34(15-5-1)36-24-25-44-42-20-10-12-22-46(42)52(49(44)30-36)40-28-38(35-16-6-2-7-17-35)29-41(32-40)53-47-23-13-11-21-43(47)45-33-48-37(31-50(45)53)26-27-51(48)39-18-8-3-9-19-39/h1-33H. The van der Waals surface area contributed by atoms with Crippen LogP contribution in [0.2, 0.25) is 0 Å². The lowest BCUT2D eigenvalue weighted by atomic mass is 10.0. The first-order valence-corrected chi connectivity index (χ1v) is 18.2. The monoisotopic (exact) mass is 675 g/mol. The fourth-order valence-corrected chi connectivity index (χ4v) is 8.40. The average molecular weight is 676 g/mol. The van der Waals surface area contributed by atoms with Gasteiger partial charge in [-0.1, -0.05) is 127 Å². The van der Waals surface area contributed by atoms with Gasteiger partial charge in [-0.3, -0.25) is 0 Å². The van der Waals surface area contributed by atoms with E-state index >= 15 is 0 Å². The smallest absolute Gasteiger partial charge is 0.0548 e. The summed E-state index contributed by atoms with van der Waals surface area (Å²) >= 11 is 0. The van der Waals surface area contributed by atoms with Gasteiger partial charge in [-0.05, 0) is 89.0 Å². The highest BCUT2D eigenvalue weighted by Gasteiger charge is 2.19. The maximum Gasteiger partial charge on any atom is 0.0548 e. The van der Waals surface area contributed by atoms with Crippen LogP contribution >= 0.6 is 0 Å². The lowest BCUT2D eigenvalue weighted by molar-refractivity contribution is 1.13. The highest BCUT2D eigenvalue weighted by atomic mass is 15.0. The van der Waals surface area contributed by atoms with E-state index in [-0.39, 0.29) is 0 Å². The minimum absolute atomic E-state index is 1.12. The lowest BCUT2D eigenvalue weighted by Crippen LogP contribution is -2.00. The molecule has 11 aromatic rings. The SMILES string of the molecule is c1ccc(-c2cc(-n3c4ccccc4c4ccc(-c5ccccc5)cc43)cc(-n3c4ccccc4c4cc5c(ccn5-c5ccccc5)cc43)c2)cc1. The summed E-state index contributed by atoms with van der Waals surface area (Å²) in [5, 5.41) is 6.17. The van der Waals surface area contributed by atoms with Gasteiger partial charge < -0.3 is 13.7 Å². The molecule has 0 saturated heterocycles. The zero-order valence-corrected chi connectivity index (χ0v) is 28.9. The minimum Gasteiger partial charge on any atom is -0.317 e. The molecule has 0 aliphatic heterocycles. The molecule has 3 heteroatoms. The molecule has 0 bridgehead atoms. The normalized spacial score (nSPS) is 11.8. The first kappa shape index (κ1) is 29.6. The Balaban J connectivity index is 1.21. The number of hydrogen-bond donors (Lipinski definition) is 0. The summed E-state index contributed by atoms with van der Waals surface area (Å²) in [7, 11) is 0. The van der Waals surface area contributed by atoms with Gasteiger partial charge in [-0.15, -0.1) is 0 Å². The third-order valence-electron chi connectivity index (χ3n) is 10.8. The van der Waals surface area contributed by atoms with E-state index in [0.717, 1.165) is 17.1 Å². The summed E-state index contributed by atoms with van der Waals surface area (Å²) in [4.78, 5) is 0. The second kappa shape index (κ2) is 11.7. The van der Waals surface area contributed by atoms with E-state index in [9.17, 15) is 0 Å². The van der Waals surface area contributed by atoms with Crippen molar-refractivity contribution in [2.45, 2.75) is 0 Å². The van der Waals surface area contributed by atoms with Crippen LogP contribution in [0.25, 0.3) is 93.8 Å². The number of aromatic nitrogens is 3. The third-order valence-corrected chi connectivity index (χ3v) is 10.8. The van der Waals surface area contributed by atoms with Crippen LogP contribution in [0.15, 0.2) is 200 Å². The Morgan fingerprint density at radius 1 is 0.264 bits per heavy atom. The van der Waals surface area contributed by atoms with Gasteiger partial charge in [0.2, 0.25) is 0 Å². The van der Waals surface area contributed by atoms with Crippen LogP contribution in [-0.4, -0.2) is 13.7 Å². The number of fused-ring (bicyclic) bond motifs is 7. The lowest BCUT2D eigenvalue weighted by Gasteiger charge is -2.16. The van der Waals surface area contributed by atoms with Crippen molar-refractivity contribution >= 4 is 54.5 Å². The van der Waals surface area contributed by atoms with Crippen LogP contribution < -0.4 is 0 Å². The van der Waals surface area contributed by atoms with Crippen LogP contribution in [-0.2, 0) is 0 Å². The minimum atomic E-state index is 1.12. The van der Waals surface area contributed by atoms with Gasteiger partial charge in [0.1, 0.15) is 0 Å². The summed E-state index contributed by atoms with van der Waals surface area (Å²) in [6, 6.07) is 70.6. The van der Waals surface area contributed by atoms with E-state index < -0.39 is 0 Å². The number of rotatable bonds is 5. The molecular formula is C50H33N3. The van der Waals surface area contributed by atoms with Crippen molar-refractivity contribution in [2.75, 3.05) is 0 Å². The Morgan fingerprint density at radius 3 is 1.45 bits per heavy atom. The zero-order valence-electron chi connectivity index (χ0n) is 28.9. The Labute approximate surface area is 306 Å². The average Bonchev–Trinajstić information content (AvgIpc) is 3.90. The van der Waals surface area contributed by atoms with Crippen molar-refractivity contribution in [3.8, 4) is 39.3 Å². The molecule has 0 N–H and O–H groups in total. The fraction of sp³-hybridized carbons (Fsp3) is 0. The van der Waals surface area contributed by atoms with Gasteiger partial charge in [0.15, 0.2) is 0 Å². The second-order valence-corrected chi connectivity index (χ2v) is 13.9. The van der Waals surface area contributed by atoms with Crippen molar-refractivity contribution in [2.24, 2.45) is 0 Å². The topological polar surface area (TPSA) is 14.8 Å². The van der Waals surface area contributed by atoms with E-state index in [4.69, 9.17) is 0 Å². The van der Waals surface area contributed by atoms with Crippen LogP contribution in [0.1, 0.15) is 0 Å². The van der Waals surface area contributed by atoms with E-state index in [0.29, 0.717) is 0 Å². The molecule has 0 saturated carbocycles. The Morgan fingerprint density at radius 2 is 0.792 bits per heavy atom. The van der Waals surface area contributed by atoms with Crippen LogP contribution in [0, 0.1) is 0 Å². The molecule has 8 aromatic carbocycles. The highest BCUT2D eigenvalue weighted by molar-refractivity contribution is 6.14. The number of nitrogens with zero attached hydrogens (tertiary/aromatic N) is 3. The van der Waals surface area contributed by atoms with Crippen molar-refractivity contribution in [1.29, 1.82) is 0 Å². The zero-order chi connectivity index (χ0) is 34.9. The quantitative estimate of drug-likeness (QED) is 0.172. The maximum atomic E-state index is 2.46. The van der Waals surface area contributed by atoms with Crippen molar-refractivity contribution < 1.29 is 0 Å². The van der Waals surface area contributed by atoms with Gasteiger partial charge in [-0.25, -0.2) is 0 Å². The van der Waals surface area contributed by atoms with Crippen molar-refractivity contribution in [3.63, 3.8) is 0 Å². The van der Waals surface area contributed by atoms with E-state index in [1.54, 1.807) is 0 Å². The molecule has 0 fully saturated rings. The summed E-state index contributed by atoms with van der Waals surface area (Å²) in [5.41, 5.74) is 14.1.